The summed E-state index contributed by atoms with van der Waals surface area (Å²) >= 11 is 2.28. The molecule has 1 aromatic heterocycles. The van der Waals surface area contributed by atoms with Crippen molar-refractivity contribution < 1.29 is 0 Å². The predicted molar refractivity (Wildman–Crippen MR) is 67.2 cm³/mol. The second-order valence-electron chi connectivity index (χ2n) is 3.25. The van der Waals surface area contributed by atoms with Crippen molar-refractivity contribution in [1.29, 1.82) is 0 Å². The third kappa shape index (κ3) is 1.58. The molecule has 2 rings (SSSR count). The molecule has 0 aliphatic rings. The summed E-state index contributed by atoms with van der Waals surface area (Å²) in [7, 11) is 0. The normalized spacial score (nSPS) is 11.0. The van der Waals surface area contributed by atoms with Crippen LogP contribution >= 0.6 is 22.6 Å². The Hall–Kier alpha value is -0.780. The summed E-state index contributed by atoms with van der Waals surface area (Å²) in [6, 6.07) is 6.21. The van der Waals surface area contributed by atoms with E-state index in [1.54, 1.807) is 0 Å². The lowest BCUT2D eigenvalue weighted by molar-refractivity contribution is 0.707. The number of aromatic nitrogens is 2. The van der Waals surface area contributed by atoms with Crippen LogP contribution in [0, 0.1) is 3.57 Å². The molecule has 4 heteroatoms. The van der Waals surface area contributed by atoms with Gasteiger partial charge >= 0.3 is 0 Å². The fourth-order valence-corrected chi connectivity index (χ4v) is 2.05. The first kappa shape index (κ1) is 9.76. The smallest absolute Gasteiger partial charge is 0.201 e. The highest BCUT2D eigenvalue weighted by atomic mass is 127. The van der Waals surface area contributed by atoms with Gasteiger partial charge in [-0.3, -0.25) is 0 Å². The number of hydrogen-bond acceptors (Lipinski definition) is 2. The Labute approximate surface area is 96.4 Å². The van der Waals surface area contributed by atoms with Crippen LogP contribution < -0.4 is 5.73 Å². The second-order valence-corrected chi connectivity index (χ2v) is 4.50. The van der Waals surface area contributed by atoms with Gasteiger partial charge in [0.15, 0.2) is 0 Å². The summed E-state index contributed by atoms with van der Waals surface area (Å²) in [5, 5.41) is 0. The minimum Gasteiger partial charge on any atom is -0.369 e. The highest BCUT2D eigenvalue weighted by Crippen LogP contribution is 2.20. The number of nitrogens with zero attached hydrogens (tertiary/aromatic N) is 2. The summed E-state index contributed by atoms with van der Waals surface area (Å²) in [5.41, 5.74) is 7.96. The van der Waals surface area contributed by atoms with Crippen LogP contribution in [-0.2, 0) is 6.54 Å². The van der Waals surface area contributed by atoms with Crippen LogP contribution in [0.15, 0.2) is 18.2 Å². The van der Waals surface area contributed by atoms with Crippen molar-refractivity contribution in [3.8, 4) is 0 Å². The zero-order chi connectivity index (χ0) is 10.1. The molecular formula is C10H12IN3. The molecule has 0 saturated carbocycles. The standard InChI is InChI=1S/C10H12IN3/c1-2-5-14-9-4-3-7(11)6-8(9)13-10(14)12/h3-4,6H,2,5H2,1H3,(H2,12,13). The molecule has 0 bridgehead atoms. The number of anilines is 1. The molecular weight excluding hydrogens is 289 g/mol. The molecule has 0 amide bonds. The van der Waals surface area contributed by atoms with E-state index in [2.05, 4.69) is 57.3 Å². The van der Waals surface area contributed by atoms with Gasteiger partial charge in [0.25, 0.3) is 0 Å². The molecule has 0 aliphatic carbocycles. The molecule has 0 saturated heterocycles. The summed E-state index contributed by atoms with van der Waals surface area (Å²) in [6.07, 6.45) is 1.07. The molecule has 0 fully saturated rings. The van der Waals surface area contributed by atoms with Gasteiger partial charge in [-0.15, -0.1) is 0 Å². The van der Waals surface area contributed by atoms with Gasteiger partial charge in [0.1, 0.15) is 0 Å². The van der Waals surface area contributed by atoms with Gasteiger partial charge in [-0.05, 0) is 47.2 Å². The maximum atomic E-state index is 5.84. The van der Waals surface area contributed by atoms with Gasteiger partial charge in [0.2, 0.25) is 5.95 Å². The maximum Gasteiger partial charge on any atom is 0.201 e. The molecule has 74 valence electrons. The van der Waals surface area contributed by atoms with E-state index in [1.807, 2.05) is 0 Å². The molecule has 2 aromatic rings. The van der Waals surface area contributed by atoms with Crippen molar-refractivity contribution in [2.45, 2.75) is 19.9 Å². The van der Waals surface area contributed by atoms with Gasteiger partial charge < -0.3 is 10.3 Å². The molecule has 2 N–H and O–H groups in total. The highest BCUT2D eigenvalue weighted by molar-refractivity contribution is 14.1. The van der Waals surface area contributed by atoms with Crippen LogP contribution in [0.2, 0.25) is 0 Å². The maximum absolute atomic E-state index is 5.84. The van der Waals surface area contributed by atoms with Crippen molar-refractivity contribution in [1.82, 2.24) is 9.55 Å². The average molecular weight is 301 g/mol. The molecule has 3 nitrogen and oxygen atoms in total. The first-order valence-corrected chi connectivity index (χ1v) is 5.71. The Bertz CT molecular complexity index is 462. The molecule has 1 aromatic carbocycles. The van der Waals surface area contributed by atoms with E-state index in [4.69, 9.17) is 5.73 Å². The van der Waals surface area contributed by atoms with E-state index in [0.717, 1.165) is 24.0 Å². The van der Waals surface area contributed by atoms with Crippen molar-refractivity contribution >= 4 is 39.6 Å². The average Bonchev–Trinajstić information content (AvgIpc) is 2.43. The molecule has 0 atom stereocenters. The van der Waals surface area contributed by atoms with E-state index in [9.17, 15) is 0 Å². The SMILES string of the molecule is CCCn1c(N)nc2cc(I)ccc21. The molecule has 0 aliphatic heterocycles. The van der Waals surface area contributed by atoms with Crippen LogP contribution in [0.1, 0.15) is 13.3 Å². The van der Waals surface area contributed by atoms with E-state index in [1.165, 1.54) is 3.57 Å². The summed E-state index contributed by atoms with van der Waals surface area (Å²) in [4.78, 5) is 4.33. The lowest BCUT2D eigenvalue weighted by Crippen LogP contribution is -2.02. The van der Waals surface area contributed by atoms with E-state index in [0.29, 0.717) is 5.95 Å². The quantitative estimate of drug-likeness (QED) is 0.867. The third-order valence-corrected chi connectivity index (χ3v) is 2.86. The lowest BCUT2D eigenvalue weighted by atomic mass is 10.3. The van der Waals surface area contributed by atoms with Crippen molar-refractivity contribution in [2.75, 3.05) is 5.73 Å². The van der Waals surface area contributed by atoms with Gasteiger partial charge in [-0.1, -0.05) is 6.92 Å². The first-order chi connectivity index (χ1) is 6.72. The summed E-state index contributed by atoms with van der Waals surface area (Å²) < 4.78 is 3.25. The third-order valence-electron chi connectivity index (χ3n) is 2.19. The topological polar surface area (TPSA) is 43.8 Å². The Morgan fingerprint density at radius 1 is 1.50 bits per heavy atom. The monoisotopic (exact) mass is 301 g/mol. The van der Waals surface area contributed by atoms with Gasteiger partial charge in [-0.25, -0.2) is 4.98 Å². The second kappa shape index (κ2) is 3.76. The van der Waals surface area contributed by atoms with Crippen molar-refractivity contribution in [2.24, 2.45) is 0 Å². The van der Waals surface area contributed by atoms with Crippen LogP contribution in [0.5, 0.6) is 0 Å². The number of nitrogens with two attached hydrogens (primary N) is 1. The number of nitrogen functional groups attached to an aromatic ring is 1. The molecule has 1 heterocycles. The van der Waals surface area contributed by atoms with Gasteiger partial charge in [0, 0.05) is 10.1 Å². The molecule has 0 radical (unpaired) electrons. The number of benzene rings is 1. The fraction of sp³-hybridized carbons (Fsp3) is 0.300. The number of imidazole rings is 1. The molecule has 0 unspecified atom stereocenters. The number of aryl methyl sites for hydroxylation is 1. The van der Waals surface area contributed by atoms with E-state index in [-0.39, 0.29) is 0 Å². The fourth-order valence-electron chi connectivity index (χ4n) is 1.58. The minimum absolute atomic E-state index is 0.615. The molecule has 0 spiro atoms. The van der Waals surface area contributed by atoms with Gasteiger partial charge in [0.05, 0.1) is 11.0 Å². The Morgan fingerprint density at radius 3 is 3.00 bits per heavy atom. The Morgan fingerprint density at radius 2 is 2.29 bits per heavy atom. The minimum atomic E-state index is 0.615. The largest absolute Gasteiger partial charge is 0.369 e. The number of hydrogen-bond donors (Lipinski definition) is 1. The summed E-state index contributed by atoms with van der Waals surface area (Å²) in [6.45, 7) is 3.07. The highest BCUT2D eigenvalue weighted by Gasteiger charge is 2.06. The summed E-state index contributed by atoms with van der Waals surface area (Å²) in [5.74, 6) is 0.615. The molecule has 14 heavy (non-hydrogen) atoms. The van der Waals surface area contributed by atoms with Crippen LogP contribution in [0.4, 0.5) is 5.95 Å². The number of rotatable bonds is 2. The van der Waals surface area contributed by atoms with Crippen LogP contribution in [-0.4, -0.2) is 9.55 Å². The number of fused-ring (bicyclic) bond motifs is 1. The Kier molecular flexibility index (Phi) is 2.62. The van der Waals surface area contributed by atoms with Crippen molar-refractivity contribution in [3.63, 3.8) is 0 Å². The zero-order valence-electron chi connectivity index (χ0n) is 8.00. The predicted octanol–water partition coefficient (Wildman–Crippen LogP) is 2.63. The zero-order valence-corrected chi connectivity index (χ0v) is 10.2. The van der Waals surface area contributed by atoms with Crippen LogP contribution in [0.25, 0.3) is 11.0 Å². The first-order valence-electron chi connectivity index (χ1n) is 4.63. The van der Waals surface area contributed by atoms with Gasteiger partial charge in [-0.2, -0.15) is 0 Å². The Balaban J connectivity index is 2.64. The van der Waals surface area contributed by atoms with E-state index < -0.39 is 0 Å². The van der Waals surface area contributed by atoms with E-state index >= 15 is 0 Å². The van der Waals surface area contributed by atoms with Crippen LogP contribution in [0.3, 0.4) is 0 Å². The number of halogens is 1. The van der Waals surface area contributed by atoms with Crippen molar-refractivity contribution in [3.05, 3.63) is 21.8 Å². The lowest BCUT2D eigenvalue weighted by Gasteiger charge is -2.02.